The lowest BCUT2D eigenvalue weighted by atomic mass is 10.1. The van der Waals surface area contributed by atoms with Crippen LogP contribution in [0.5, 0.6) is 0 Å². The van der Waals surface area contributed by atoms with Gasteiger partial charge in [0.1, 0.15) is 0 Å². The Morgan fingerprint density at radius 2 is 2.06 bits per heavy atom. The highest BCUT2D eigenvalue weighted by Crippen LogP contribution is 2.20. The molecule has 0 saturated heterocycles. The van der Waals surface area contributed by atoms with Gasteiger partial charge in [-0.2, -0.15) is 0 Å². The van der Waals surface area contributed by atoms with E-state index in [0.717, 1.165) is 29.5 Å². The number of benzene rings is 1. The monoisotopic (exact) mass is 298 g/mol. The zero-order valence-corrected chi connectivity index (χ0v) is 11.9. The van der Waals surface area contributed by atoms with Gasteiger partial charge in [-0.05, 0) is 47.4 Å². The number of carbonyl (C=O) groups excluding carboxylic acids is 1. The lowest BCUT2D eigenvalue weighted by Gasteiger charge is -2.08. The van der Waals surface area contributed by atoms with Crippen molar-refractivity contribution in [3.05, 3.63) is 33.8 Å². The molecule has 4 heteroatoms. The maximum Gasteiger partial charge on any atom is 0.252 e. The minimum atomic E-state index is -0.0288. The molecule has 1 rings (SSSR count). The van der Waals surface area contributed by atoms with Crippen molar-refractivity contribution in [2.24, 2.45) is 0 Å². The zero-order valence-electron chi connectivity index (χ0n) is 10.3. The first kappa shape index (κ1) is 14.2. The largest absolute Gasteiger partial charge is 0.351 e. The fourth-order valence-corrected chi connectivity index (χ4v) is 1.93. The molecular weight excluding hydrogens is 280 g/mol. The number of carbonyl (C=O) groups is 1. The molecule has 1 amide bonds. The Balaban J connectivity index is 2.44. The van der Waals surface area contributed by atoms with E-state index in [-0.39, 0.29) is 5.91 Å². The molecule has 2 N–H and O–H groups in total. The van der Waals surface area contributed by atoms with Gasteiger partial charge in [-0.1, -0.05) is 19.1 Å². The van der Waals surface area contributed by atoms with Crippen LogP contribution in [0.2, 0.25) is 0 Å². The first-order chi connectivity index (χ1) is 8.16. The van der Waals surface area contributed by atoms with Crippen molar-refractivity contribution < 1.29 is 4.79 Å². The Bertz CT molecular complexity index is 380. The van der Waals surface area contributed by atoms with Gasteiger partial charge >= 0.3 is 0 Å². The SMILES string of the molecule is CCCNCCNC(=O)c1cccc(C)c1Br. The van der Waals surface area contributed by atoms with E-state index >= 15 is 0 Å². The molecule has 0 aliphatic carbocycles. The lowest BCUT2D eigenvalue weighted by molar-refractivity contribution is 0.0953. The number of hydrogen-bond donors (Lipinski definition) is 2. The maximum absolute atomic E-state index is 11.9. The predicted octanol–water partition coefficient (Wildman–Crippen LogP) is 2.49. The third-order valence-corrected chi connectivity index (χ3v) is 3.50. The maximum atomic E-state index is 11.9. The second-order valence-electron chi connectivity index (χ2n) is 3.94. The van der Waals surface area contributed by atoms with Gasteiger partial charge in [-0.3, -0.25) is 4.79 Å². The number of nitrogens with one attached hydrogen (secondary N) is 2. The van der Waals surface area contributed by atoms with Gasteiger partial charge in [-0.25, -0.2) is 0 Å². The standard InChI is InChI=1S/C13H19BrN2O/c1-3-7-15-8-9-16-13(17)11-6-4-5-10(2)12(11)14/h4-6,15H,3,7-9H2,1-2H3,(H,16,17). The highest BCUT2D eigenvalue weighted by Gasteiger charge is 2.09. The molecule has 0 spiro atoms. The van der Waals surface area contributed by atoms with E-state index in [0.29, 0.717) is 12.1 Å². The van der Waals surface area contributed by atoms with E-state index in [1.54, 1.807) is 0 Å². The van der Waals surface area contributed by atoms with Crippen molar-refractivity contribution in [1.82, 2.24) is 10.6 Å². The summed E-state index contributed by atoms with van der Waals surface area (Å²) in [7, 11) is 0. The summed E-state index contributed by atoms with van der Waals surface area (Å²) >= 11 is 3.44. The van der Waals surface area contributed by atoms with Crippen LogP contribution in [-0.2, 0) is 0 Å². The molecular formula is C13H19BrN2O. The van der Waals surface area contributed by atoms with Gasteiger partial charge in [-0.15, -0.1) is 0 Å². The molecule has 0 heterocycles. The molecule has 0 saturated carbocycles. The number of rotatable bonds is 6. The minimum absolute atomic E-state index is 0.0288. The molecule has 94 valence electrons. The van der Waals surface area contributed by atoms with Gasteiger partial charge in [0.25, 0.3) is 5.91 Å². The number of aryl methyl sites for hydroxylation is 1. The van der Waals surface area contributed by atoms with E-state index < -0.39 is 0 Å². The van der Waals surface area contributed by atoms with E-state index in [4.69, 9.17) is 0 Å². The molecule has 0 radical (unpaired) electrons. The van der Waals surface area contributed by atoms with Crippen LogP contribution in [0, 0.1) is 6.92 Å². The molecule has 1 aromatic rings. The second-order valence-corrected chi connectivity index (χ2v) is 4.74. The summed E-state index contributed by atoms with van der Waals surface area (Å²) in [5.74, 6) is -0.0288. The van der Waals surface area contributed by atoms with Crippen molar-refractivity contribution in [3.63, 3.8) is 0 Å². The van der Waals surface area contributed by atoms with E-state index in [1.165, 1.54) is 0 Å². The molecule has 3 nitrogen and oxygen atoms in total. The quantitative estimate of drug-likeness (QED) is 0.792. The Kier molecular flexibility index (Phi) is 6.22. The summed E-state index contributed by atoms with van der Waals surface area (Å²) in [5.41, 5.74) is 1.77. The van der Waals surface area contributed by atoms with Crippen LogP contribution < -0.4 is 10.6 Å². The Hall–Kier alpha value is -0.870. The highest BCUT2D eigenvalue weighted by molar-refractivity contribution is 9.10. The number of amides is 1. The van der Waals surface area contributed by atoms with Gasteiger partial charge in [0.05, 0.1) is 5.56 Å². The van der Waals surface area contributed by atoms with Crippen LogP contribution >= 0.6 is 15.9 Å². The Morgan fingerprint density at radius 3 is 2.76 bits per heavy atom. The first-order valence-corrected chi connectivity index (χ1v) is 6.70. The molecule has 0 unspecified atom stereocenters. The van der Waals surface area contributed by atoms with Crippen LogP contribution in [0.15, 0.2) is 22.7 Å². The van der Waals surface area contributed by atoms with Gasteiger partial charge in [0.15, 0.2) is 0 Å². The fraction of sp³-hybridized carbons (Fsp3) is 0.462. The van der Waals surface area contributed by atoms with Crippen LogP contribution in [0.4, 0.5) is 0 Å². The summed E-state index contributed by atoms with van der Waals surface area (Å²) in [6.45, 7) is 6.55. The molecule has 0 aliphatic heterocycles. The van der Waals surface area contributed by atoms with E-state index in [9.17, 15) is 4.79 Å². The van der Waals surface area contributed by atoms with Gasteiger partial charge in [0.2, 0.25) is 0 Å². The topological polar surface area (TPSA) is 41.1 Å². The molecule has 0 aliphatic rings. The molecule has 0 bridgehead atoms. The summed E-state index contributed by atoms with van der Waals surface area (Å²) in [6.07, 6.45) is 1.11. The number of hydrogen-bond acceptors (Lipinski definition) is 2. The molecule has 0 aromatic heterocycles. The third-order valence-electron chi connectivity index (χ3n) is 2.45. The van der Waals surface area contributed by atoms with Crippen molar-refractivity contribution in [3.8, 4) is 0 Å². The lowest BCUT2D eigenvalue weighted by Crippen LogP contribution is -2.32. The third kappa shape index (κ3) is 4.48. The van der Waals surface area contributed by atoms with Gasteiger partial charge < -0.3 is 10.6 Å². The summed E-state index contributed by atoms with van der Waals surface area (Å²) < 4.78 is 0.874. The van der Waals surface area contributed by atoms with Crippen LogP contribution in [0.3, 0.4) is 0 Å². The molecule has 0 fully saturated rings. The fourth-order valence-electron chi connectivity index (χ4n) is 1.48. The minimum Gasteiger partial charge on any atom is -0.351 e. The Labute approximate surface area is 111 Å². The smallest absolute Gasteiger partial charge is 0.252 e. The molecule has 1 aromatic carbocycles. The molecule has 17 heavy (non-hydrogen) atoms. The summed E-state index contributed by atoms with van der Waals surface area (Å²) in [5, 5.41) is 6.14. The van der Waals surface area contributed by atoms with E-state index in [2.05, 4.69) is 33.5 Å². The predicted molar refractivity (Wildman–Crippen MR) is 74.4 cm³/mol. The first-order valence-electron chi connectivity index (χ1n) is 5.90. The van der Waals surface area contributed by atoms with Crippen LogP contribution in [0.25, 0.3) is 0 Å². The normalized spacial score (nSPS) is 10.3. The van der Waals surface area contributed by atoms with Crippen molar-refractivity contribution in [2.45, 2.75) is 20.3 Å². The molecule has 0 atom stereocenters. The summed E-state index contributed by atoms with van der Waals surface area (Å²) in [6, 6.07) is 5.69. The van der Waals surface area contributed by atoms with Crippen LogP contribution in [-0.4, -0.2) is 25.5 Å². The average molecular weight is 299 g/mol. The van der Waals surface area contributed by atoms with Crippen LogP contribution in [0.1, 0.15) is 29.3 Å². The Morgan fingerprint density at radius 1 is 1.29 bits per heavy atom. The van der Waals surface area contributed by atoms with E-state index in [1.807, 2.05) is 25.1 Å². The second kappa shape index (κ2) is 7.45. The average Bonchev–Trinajstić information content (AvgIpc) is 2.32. The zero-order chi connectivity index (χ0) is 12.7. The van der Waals surface area contributed by atoms with Crippen molar-refractivity contribution in [1.29, 1.82) is 0 Å². The highest BCUT2D eigenvalue weighted by atomic mass is 79.9. The van der Waals surface area contributed by atoms with Gasteiger partial charge in [0, 0.05) is 17.6 Å². The number of halogens is 1. The summed E-state index contributed by atoms with van der Waals surface area (Å²) in [4.78, 5) is 11.9. The van der Waals surface area contributed by atoms with Crippen molar-refractivity contribution in [2.75, 3.05) is 19.6 Å². The van der Waals surface area contributed by atoms with Crippen molar-refractivity contribution >= 4 is 21.8 Å².